The third-order valence-corrected chi connectivity index (χ3v) is 9.31. The number of carboxylic acids is 5. The second-order valence-corrected chi connectivity index (χ2v) is 13.4. The number of carbonyl (C=O) groups excluding carboxylic acids is 3. The molecule has 3 rings (SSSR count). The maximum Gasteiger partial charge on any atom is 3.00 e. The number of phosphoric ester groups is 1. The van der Waals surface area contributed by atoms with Gasteiger partial charge in [-0.1, -0.05) is 60.7 Å². The van der Waals surface area contributed by atoms with Crippen LogP contribution in [-0.2, 0) is 48.5 Å². The molecule has 0 aromatic heterocycles. The number of carbonyl (C=O) groups is 5. The van der Waals surface area contributed by atoms with Gasteiger partial charge in [-0.2, -0.15) is 0 Å². The fourth-order valence-corrected chi connectivity index (χ4v) is 7.25. The molecule has 6 N–H and O–H groups in total. The summed E-state index contributed by atoms with van der Waals surface area (Å²) in [6.45, 7) is -6.88. The molecule has 2 atom stereocenters. The van der Waals surface area contributed by atoms with Crippen LogP contribution in [0.25, 0.3) is 0 Å². The van der Waals surface area contributed by atoms with E-state index in [2.05, 4.69) is 0 Å². The summed E-state index contributed by atoms with van der Waals surface area (Å²) in [7, 11) is -4.90. The predicted molar refractivity (Wildman–Crippen MR) is 171 cm³/mol. The molecule has 1 aliphatic rings. The Labute approximate surface area is 331 Å². The monoisotopic (exact) mass is 897 g/mol. The Morgan fingerprint density at radius 1 is 0.769 bits per heavy atom. The van der Waals surface area contributed by atoms with E-state index in [1.807, 2.05) is 60.7 Å². The molecule has 1 saturated carbocycles. The first-order chi connectivity index (χ1) is 23.6. The third-order valence-electron chi connectivity index (χ3n) is 8.27. The van der Waals surface area contributed by atoms with Gasteiger partial charge in [0.2, 0.25) is 0 Å². The molecule has 0 spiro atoms. The zero-order valence-electron chi connectivity index (χ0n) is 28.0. The zero-order chi connectivity index (χ0) is 36.9. The Morgan fingerprint density at radius 3 is 1.67 bits per heavy atom. The van der Waals surface area contributed by atoms with Crippen LogP contribution in [0.2, 0.25) is 0 Å². The molecule has 20 heteroatoms. The first kappa shape index (κ1) is 47.1. The van der Waals surface area contributed by atoms with Gasteiger partial charge in [0.15, 0.2) is 0 Å². The van der Waals surface area contributed by atoms with E-state index < -0.39 is 102 Å². The van der Waals surface area contributed by atoms with Gasteiger partial charge in [0, 0.05) is 37.6 Å². The average Bonchev–Trinajstić information content (AvgIpc) is 3.02. The maximum absolute atomic E-state index is 13.2. The van der Waals surface area contributed by atoms with Crippen molar-refractivity contribution < 1.29 is 113 Å². The van der Waals surface area contributed by atoms with Gasteiger partial charge in [0.25, 0.3) is 0 Å². The van der Waals surface area contributed by atoms with Crippen molar-refractivity contribution in [2.45, 2.75) is 43.2 Å². The predicted octanol–water partition coefficient (Wildman–Crippen LogP) is -3.22. The number of rotatable bonds is 22. The number of benzene rings is 2. The number of carboxylic acid groups (broad SMARTS) is 5. The minimum absolute atomic E-state index is 0. The van der Waals surface area contributed by atoms with E-state index in [9.17, 15) is 59.0 Å². The summed E-state index contributed by atoms with van der Waals surface area (Å²) in [6, 6.07) is 18.2. The first-order valence-corrected chi connectivity index (χ1v) is 17.1. The van der Waals surface area contributed by atoms with Crippen molar-refractivity contribution in [1.29, 1.82) is 0 Å². The van der Waals surface area contributed by atoms with Crippen molar-refractivity contribution in [3.63, 3.8) is 0 Å². The second kappa shape index (κ2) is 22.3. The Balaban J connectivity index is 0.00000676. The fourth-order valence-electron chi connectivity index (χ4n) is 6.24. The number of nitrogens with zero attached hydrogens (tertiary/aromatic N) is 3. The van der Waals surface area contributed by atoms with Gasteiger partial charge < -0.3 is 50.3 Å². The maximum atomic E-state index is 13.2. The van der Waals surface area contributed by atoms with Crippen LogP contribution in [0.4, 0.5) is 0 Å². The normalized spacial score (nSPS) is 15.9. The van der Waals surface area contributed by atoms with Crippen molar-refractivity contribution >= 4 is 37.7 Å². The molecule has 0 heterocycles. The standard InChI is InChI=1S/C32H42N3O14P.Gd.H2O/c36-27(37)16-33(22-34(17-28(38)39)18-29(40)41)15-25(35(19-30(42)43)20-31(44)45)21-48-50(46,47)49-26-11-13-32(14-12-26,23-7-3-1-4-8-23)24-9-5-2-6-10-24;;/h1-10,25-26H,11-22H2,(H,36,37)(H,38,39)(H,40,41)(H,42,43)(H,44,45)(H,46,47);;1H2/q;+3;/p-2/t25-;;/m1../s1. The molecule has 1 radical (unpaired) electrons. The van der Waals surface area contributed by atoms with Crippen LogP contribution < -0.4 is 15.3 Å². The van der Waals surface area contributed by atoms with Crippen LogP contribution in [0.15, 0.2) is 60.7 Å². The van der Waals surface area contributed by atoms with E-state index in [0.717, 1.165) is 25.8 Å². The number of phosphoric acid groups is 1. The van der Waals surface area contributed by atoms with E-state index in [-0.39, 0.29) is 50.8 Å². The molecule has 0 aliphatic heterocycles. The summed E-state index contributed by atoms with van der Waals surface area (Å²) in [5.74, 6) is -8.10. The van der Waals surface area contributed by atoms with Gasteiger partial charge in [0.1, 0.15) is 0 Å². The average molecular weight is 897 g/mol. The molecule has 2 aromatic carbocycles. The first-order valence-electron chi connectivity index (χ1n) is 15.6. The van der Waals surface area contributed by atoms with Crippen LogP contribution in [-0.4, -0.2) is 124 Å². The van der Waals surface area contributed by atoms with E-state index in [4.69, 9.17) is 9.05 Å². The number of hydrogen-bond donors (Lipinski definition) is 3. The Bertz CT molecular complexity index is 1440. The fraction of sp³-hybridized carbons (Fsp3) is 0.469. The van der Waals surface area contributed by atoms with Crippen molar-refractivity contribution in [1.82, 2.24) is 14.7 Å². The van der Waals surface area contributed by atoms with Gasteiger partial charge in [-0.25, -0.2) is 4.57 Å². The summed E-state index contributed by atoms with van der Waals surface area (Å²) < 4.78 is 24.0. The molecule has 0 saturated heterocycles. The van der Waals surface area contributed by atoms with Crippen LogP contribution in [0.5, 0.6) is 0 Å². The number of hydrogen-bond acceptors (Lipinski definition) is 14. The van der Waals surface area contributed by atoms with Crippen molar-refractivity contribution in [3.8, 4) is 0 Å². The smallest absolute Gasteiger partial charge is 0.549 e. The van der Waals surface area contributed by atoms with Crippen molar-refractivity contribution in [3.05, 3.63) is 71.8 Å². The topological polar surface area (TPSA) is 293 Å². The van der Waals surface area contributed by atoms with Gasteiger partial charge in [0.05, 0.1) is 50.4 Å². The van der Waals surface area contributed by atoms with Crippen molar-refractivity contribution in [2.24, 2.45) is 0 Å². The summed E-state index contributed by atoms with van der Waals surface area (Å²) in [6.07, 6.45) is 1.10. The van der Waals surface area contributed by atoms with E-state index >= 15 is 0 Å². The van der Waals surface area contributed by atoms with Crippen LogP contribution in [0.3, 0.4) is 0 Å². The molecule has 0 amide bonds. The quantitative estimate of drug-likeness (QED) is 0.0595. The van der Waals surface area contributed by atoms with E-state index in [1.54, 1.807) is 0 Å². The van der Waals surface area contributed by atoms with Crippen LogP contribution in [0, 0.1) is 39.9 Å². The molecular weight excluding hydrogens is 855 g/mol. The van der Waals surface area contributed by atoms with E-state index in [1.165, 1.54) is 0 Å². The molecule has 1 unspecified atom stereocenters. The summed E-state index contributed by atoms with van der Waals surface area (Å²) in [5, 5.41) is 52.9. The van der Waals surface area contributed by atoms with Crippen LogP contribution in [0.1, 0.15) is 36.8 Å². The minimum Gasteiger partial charge on any atom is -0.549 e. The zero-order valence-corrected chi connectivity index (χ0v) is 31.1. The molecule has 2 aromatic rings. The van der Waals surface area contributed by atoms with Crippen LogP contribution >= 0.6 is 7.82 Å². The van der Waals surface area contributed by atoms with E-state index in [0.29, 0.717) is 25.7 Å². The Hall–Kier alpha value is -2.94. The minimum atomic E-state index is -4.90. The molecular formula is C32H42GdN3O15P+. The molecule has 1 fully saturated rings. The van der Waals surface area contributed by atoms with Gasteiger partial charge in [-0.05, 0) is 36.8 Å². The molecule has 287 valence electrons. The van der Waals surface area contributed by atoms with Gasteiger partial charge in [-0.15, -0.1) is 0 Å². The number of aliphatic carboxylic acids is 5. The van der Waals surface area contributed by atoms with Gasteiger partial charge in [-0.3, -0.25) is 33.3 Å². The second-order valence-electron chi connectivity index (χ2n) is 12.0. The summed E-state index contributed by atoms with van der Waals surface area (Å²) in [4.78, 5) is 70.4. The molecule has 1 aliphatic carbocycles. The van der Waals surface area contributed by atoms with Gasteiger partial charge >= 0.3 is 59.7 Å². The largest absolute Gasteiger partial charge is 3.00 e. The summed E-state index contributed by atoms with van der Waals surface area (Å²) >= 11 is 0. The SMILES string of the molecule is O=C([O-])CN(CC(=O)O)CN(CC(=O)[O-])C[C@H](COP(=O)(O)OC1CCC(c2ccccc2)(c2ccccc2)CC1)N(CC(=O)[O-])CC(=O)O.[Gd+3].[OH3+]. The molecule has 18 nitrogen and oxygen atoms in total. The summed E-state index contributed by atoms with van der Waals surface area (Å²) in [5.41, 5.74) is 1.76. The third kappa shape index (κ3) is 15.6. The molecule has 0 bridgehead atoms. The molecule has 52 heavy (non-hydrogen) atoms. The Kier molecular flexibility index (Phi) is 20.2. The van der Waals surface area contributed by atoms with Crippen molar-refractivity contribution in [2.75, 3.05) is 52.5 Å². The Morgan fingerprint density at radius 2 is 1.23 bits per heavy atom.